The van der Waals surface area contributed by atoms with Crippen molar-refractivity contribution in [2.45, 2.75) is 57.7 Å². The van der Waals surface area contributed by atoms with E-state index in [2.05, 4.69) is 0 Å². The average Bonchev–Trinajstić information content (AvgIpc) is 2.81. The molecule has 13 heteroatoms. The van der Waals surface area contributed by atoms with Crippen molar-refractivity contribution in [3.63, 3.8) is 0 Å². The van der Waals surface area contributed by atoms with Gasteiger partial charge in [0.1, 0.15) is 38.0 Å². The lowest BCUT2D eigenvalue weighted by molar-refractivity contribution is -0.155. The fourth-order valence-corrected chi connectivity index (χ4v) is 2.52. The number of aliphatic hydroxyl groups excluding tert-OH is 1. The van der Waals surface area contributed by atoms with Crippen molar-refractivity contribution in [3.05, 3.63) is 24.3 Å². The summed E-state index contributed by atoms with van der Waals surface area (Å²) in [5, 5.41) is 18.6. The van der Waals surface area contributed by atoms with Crippen LogP contribution in [0.5, 0.6) is 0 Å². The zero-order valence-electron chi connectivity index (χ0n) is 22.0. The van der Waals surface area contributed by atoms with Crippen molar-refractivity contribution < 1.29 is 62.5 Å². The van der Waals surface area contributed by atoms with E-state index in [9.17, 15) is 19.5 Å². The number of ether oxygens (including phenoxy) is 8. The first-order valence-electron chi connectivity index (χ1n) is 11.6. The van der Waals surface area contributed by atoms with Gasteiger partial charge in [0.25, 0.3) is 0 Å². The Hall–Kier alpha value is -2.39. The molecule has 0 bridgehead atoms. The van der Waals surface area contributed by atoms with Gasteiger partial charge in [-0.25, -0.2) is 9.59 Å². The molecule has 0 aromatic rings. The normalized spacial score (nSPS) is 15.8. The van der Waals surface area contributed by atoms with Gasteiger partial charge in [-0.1, -0.05) is 0 Å². The van der Waals surface area contributed by atoms with Crippen molar-refractivity contribution in [1.29, 1.82) is 0 Å². The quantitative estimate of drug-likeness (QED) is 0.0865. The van der Waals surface area contributed by atoms with Gasteiger partial charge in [-0.05, 0) is 32.9 Å². The Balaban J connectivity index is 5.03. The number of hydrogen-bond acceptors (Lipinski definition) is 12. The van der Waals surface area contributed by atoms with Crippen LogP contribution in [0.2, 0.25) is 0 Å². The number of aliphatic carboxylic acids is 1. The number of carboxylic acid groups (broad SMARTS) is 1. The van der Waals surface area contributed by atoms with Crippen LogP contribution in [0.25, 0.3) is 0 Å². The Bertz CT molecular complexity index is 692. The van der Waals surface area contributed by atoms with E-state index in [0.717, 1.165) is 12.2 Å². The molecule has 0 fully saturated rings. The van der Waals surface area contributed by atoms with Crippen molar-refractivity contribution >= 4 is 17.9 Å². The molecule has 0 aromatic carbocycles. The Morgan fingerprint density at radius 1 is 0.757 bits per heavy atom. The van der Waals surface area contributed by atoms with Crippen LogP contribution < -0.4 is 0 Å². The number of rotatable bonds is 22. The molecule has 0 aromatic heterocycles. The maximum Gasteiger partial charge on any atom is 0.330 e. The lowest BCUT2D eigenvalue weighted by Gasteiger charge is -2.21. The predicted molar refractivity (Wildman–Crippen MR) is 128 cm³/mol. The standard InChI is InChI=1S/C24H40O13/c1-17(14-22(26)27)36-23(28)9-7-21(35-16-33-13-11-31-5)19(3)37-24(29)8-6-20(18(2)25)34-15-32-12-10-30-4/h6-9,17-21,25H,10-16H2,1-5H3,(H,26,27)/b8-6+,9-7+/t17-,18-,19-,20+,21+/m0/s1. The van der Waals surface area contributed by atoms with Gasteiger partial charge >= 0.3 is 17.9 Å². The third-order valence-electron chi connectivity index (χ3n) is 4.41. The van der Waals surface area contributed by atoms with Crippen LogP contribution >= 0.6 is 0 Å². The number of carbonyl (C=O) groups excluding carboxylic acids is 2. The fraction of sp³-hybridized carbons (Fsp3) is 0.708. The lowest BCUT2D eigenvalue weighted by atomic mass is 10.2. The Labute approximate surface area is 217 Å². The average molecular weight is 537 g/mol. The van der Waals surface area contributed by atoms with E-state index in [4.69, 9.17) is 43.0 Å². The second-order valence-corrected chi connectivity index (χ2v) is 7.75. The molecule has 0 aliphatic heterocycles. The zero-order chi connectivity index (χ0) is 28.1. The molecule has 0 unspecified atom stereocenters. The van der Waals surface area contributed by atoms with Gasteiger partial charge in [0.2, 0.25) is 0 Å². The first kappa shape index (κ1) is 34.6. The molecule has 0 aliphatic carbocycles. The molecule has 0 heterocycles. The molecule has 13 nitrogen and oxygen atoms in total. The molecule has 2 N–H and O–H groups in total. The second kappa shape index (κ2) is 21.7. The van der Waals surface area contributed by atoms with E-state index < -0.39 is 48.4 Å². The Kier molecular flexibility index (Phi) is 20.3. The van der Waals surface area contributed by atoms with Crippen molar-refractivity contribution in [2.24, 2.45) is 0 Å². The molecule has 0 amide bonds. The van der Waals surface area contributed by atoms with Crippen LogP contribution in [0.15, 0.2) is 24.3 Å². The zero-order valence-corrected chi connectivity index (χ0v) is 22.0. The number of carbonyl (C=O) groups is 3. The van der Waals surface area contributed by atoms with Crippen LogP contribution in [-0.2, 0) is 52.3 Å². The first-order valence-corrected chi connectivity index (χ1v) is 11.6. The summed E-state index contributed by atoms with van der Waals surface area (Å²) in [7, 11) is 3.05. The number of carboxylic acids is 1. The summed E-state index contributed by atoms with van der Waals surface area (Å²) >= 11 is 0. The summed E-state index contributed by atoms with van der Waals surface area (Å²) in [6.45, 7) is 5.49. The van der Waals surface area contributed by atoms with E-state index in [1.54, 1.807) is 6.92 Å². The van der Waals surface area contributed by atoms with Crippen LogP contribution in [0.4, 0.5) is 0 Å². The van der Waals surface area contributed by atoms with Gasteiger partial charge in [-0.15, -0.1) is 0 Å². The number of esters is 2. The van der Waals surface area contributed by atoms with E-state index in [1.165, 1.54) is 40.2 Å². The molecular formula is C24H40O13. The summed E-state index contributed by atoms with van der Waals surface area (Å²) in [6, 6.07) is 0. The molecule has 37 heavy (non-hydrogen) atoms. The minimum absolute atomic E-state index is 0.111. The monoisotopic (exact) mass is 536 g/mol. The summed E-state index contributed by atoms with van der Waals surface area (Å²) < 4.78 is 41.5. The van der Waals surface area contributed by atoms with Crippen molar-refractivity contribution in [3.8, 4) is 0 Å². The molecule has 5 atom stereocenters. The van der Waals surface area contributed by atoms with E-state index in [1.807, 2.05) is 0 Å². The second-order valence-electron chi connectivity index (χ2n) is 7.75. The molecule has 0 spiro atoms. The molecule has 0 rings (SSSR count). The highest BCUT2D eigenvalue weighted by atomic mass is 16.7. The number of aliphatic hydroxyl groups is 1. The van der Waals surface area contributed by atoms with Gasteiger partial charge in [0, 0.05) is 26.4 Å². The SMILES string of the molecule is COCCOCO[C@H](/C=C/C(=O)O[C@@H](C)[C@@H](/C=C/C(=O)O[C@@H](C)CC(=O)O)OCOCCOC)[C@H](C)O. The topological polar surface area (TPSA) is 166 Å². The largest absolute Gasteiger partial charge is 0.481 e. The smallest absolute Gasteiger partial charge is 0.330 e. The third kappa shape index (κ3) is 19.4. The van der Waals surface area contributed by atoms with Crippen LogP contribution in [0.3, 0.4) is 0 Å². The van der Waals surface area contributed by atoms with Gasteiger partial charge in [0.15, 0.2) is 0 Å². The van der Waals surface area contributed by atoms with E-state index in [0.29, 0.717) is 19.8 Å². The highest BCUT2D eigenvalue weighted by molar-refractivity contribution is 5.83. The first-order chi connectivity index (χ1) is 17.6. The summed E-state index contributed by atoms with van der Waals surface area (Å²) in [6.07, 6.45) is 0.104. The third-order valence-corrected chi connectivity index (χ3v) is 4.41. The van der Waals surface area contributed by atoms with Crippen LogP contribution in [-0.4, -0.2) is 113 Å². The van der Waals surface area contributed by atoms with Gasteiger partial charge in [-0.3, -0.25) is 4.79 Å². The van der Waals surface area contributed by atoms with Crippen molar-refractivity contribution in [2.75, 3.05) is 54.2 Å². The predicted octanol–water partition coefficient (Wildman–Crippen LogP) is 0.829. The number of hydrogen-bond donors (Lipinski definition) is 2. The van der Waals surface area contributed by atoms with Crippen LogP contribution in [0, 0.1) is 0 Å². The molecule has 0 radical (unpaired) electrons. The molecular weight excluding hydrogens is 496 g/mol. The maximum absolute atomic E-state index is 12.3. The van der Waals surface area contributed by atoms with Gasteiger partial charge in [0.05, 0.1) is 39.0 Å². The molecule has 0 saturated heterocycles. The Morgan fingerprint density at radius 3 is 1.73 bits per heavy atom. The summed E-state index contributed by atoms with van der Waals surface area (Å²) in [4.78, 5) is 35.1. The lowest BCUT2D eigenvalue weighted by Crippen LogP contribution is -2.31. The van der Waals surface area contributed by atoms with Crippen molar-refractivity contribution in [1.82, 2.24) is 0 Å². The highest BCUT2D eigenvalue weighted by Crippen LogP contribution is 2.09. The maximum atomic E-state index is 12.3. The van der Waals surface area contributed by atoms with E-state index in [-0.39, 0.29) is 26.6 Å². The summed E-state index contributed by atoms with van der Waals surface area (Å²) in [5.74, 6) is -2.64. The van der Waals surface area contributed by atoms with E-state index >= 15 is 0 Å². The number of methoxy groups -OCH3 is 2. The van der Waals surface area contributed by atoms with Gasteiger partial charge in [-0.2, -0.15) is 0 Å². The molecule has 0 aliphatic rings. The Morgan fingerprint density at radius 2 is 1.24 bits per heavy atom. The molecule has 214 valence electrons. The minimum atomic E-state index is -1.10. The highest BCUT2D eigenvalue weighted by Gasteiger charge is 2.21. The molecule has 0 saturated carbocycles. The summed E-state index contributed by atoms with van der Waals surface area (Å²) in [5.41, 5.74) is 0. The minimum Gasteiger partial charge on any atom is -0.481 e. The van der Waals surface area contributed by atoms with Gasteiger partial charge < -0.3 is 48.1 Å². The van der Waals surface area contributed by atoms with Crippen LogP contribution in [0.1, 0.15) is 27.2 Å². The fourth-order valence-electron chi connectivity index (χ4n) is 2.52.